The summed E-state index contributed by atoms with van der Waals surface area (Å²) in [7, 11) is 1.82. The molecule has 112 valence electrons. The van der Waals surface area contributed by atoms with Crippen LogP contribution < -0.4 is 10.6 Å². The minimum atomic E-state index is 0.888. The molecule has 0 atom stereocenters. The molecule has 0 amide bonds. The van der Waals surface area contributed by atoms with Gasteiger partial charge in [0.1, 0.15) is 0 Å². The minimum absolute atomic E-state index is 0.888. The molecule has 0 aliphatic rings. The molecule has 0 saturated heterocycles. The smallest absolute Gasteiger partial charge is 0.190 e. The van der Waals surface area contributed by atoms with Gasteiger partial charge in [0.05, 0.1) is 0 Å². The third-order valence-electron chi connectivity index (χ3n) is 3.37. The molecule has 20 heavy (non-hydrogen) atoms. The van der Waals surface area contributed by atoms with E-state index in [9.17, 15) is 0 Å². The monoisotopic (exact) mass is 276 g/mol. The van der Waals surface area contributed by atoms with Gasteiger partial charge in [-0.1, -0.05) is 26.2 Å². The minimum Gasteiger partial charge on any atom is -0.356 e. The van der Waals surface area contributed by atoms with Crippen LogP contribution in [-0.4, -0.2) is 31.1 Å². The van der Waals surface area contributed by atoms with Gasteiger partial charge in [0.2, 0.25) is 0 Å². The fourth-order valence-electron chi connectivity index (χ4n) is 2.08. The Hall–Kier alpha value is -1.58. The number of hydrogen-bond acceptors (Lipinski definition) is 2. The summed E-state index contributed by atoms with van der Waals surface area (Å²) in [6.45, 7) is 6.21. The number of aromatic nitrogens is 1. The lowest BCUT2D eigenvalue weighted by molar-refractivity contribution is 0.647. The highest BCUT2D eigenvalue weighted by atomic mass is 15.2. The van der Waals surface area contributed by atoms with E-state index < -0.39 is 0 Å². The first-order valence-electron chi connectivity index (χ1n) is 7.62. The van der Waals surface area contributed by atoms with E-state index in [1.54, 1.807) is 0 Å². The SMILES string of the molecule is CCCCCCNC(=NC)NCCc1ccncc1C. The van der Waals surface area contributed by atoms with Crippen molar-refractivity contribution in [1.29, 1.82) is 0 Å². The van der Waals surface area contributed by atoms with Crippen LogP contribution in [0.15, 0.2) is 23.5 Å². The average Bonchev–Trinajstić information content (AvgIpc) is 2.47. The number of nitrogens with zero attached hydrogens (tertiary/aromatic N) is 2. The van der Waals surface area contributed by atoms with Crippen molar-refractivity contribution in [2.24, 2.45) is 4.99 Å². The molecular weight excluding hydrogens is 248 g/mol. The van der Waals surface area contributed by atoms with Crippen LogP contribution >= 0.6 is 0 Å². The van der Waals surface area contributed by atoms with E-state index in [2.05, 4.69) is 40.5 Å². The van der Waals surface area contributed by atoms with Gasteiger partial charge in [-0.25, -0.2) is 0 Å². The van der Waals surface area contributed by atoms with E-state index in [1.807, 2.05) is 19.4 Å². The van der Waals surface area contributed by atoms with Gasteiger partial charge in [0, 0.05) is 32.5 Å². The molecule has 0 aliphatic heterocycles. The maximum absolute atomic E-state index is 4.24. The standard InChI is InChI=1S/C16H28N4/c1-4-5-6-7-10-19-16(17-3)20-12-9-15-8-11-18-13-14(15)2/h8,11,13H,4-7,9-10,12H2,1-3H3,(H2,17,19,20). The molecule has 0 radical (unpaired) electrons. The van der Waals surface area contributed by atoms with Crippen LogP contribution in [0.3, 0.4) is 0 Å². The summed E-state index contributed by atoms with van der Waals surface area (Å²) in [5.41, 5.74) is 2.59. The third kappa shape index (κ3) is 6.55. The molecule has 0 spiro atoms. The Labute approximate surface area is 123 Å². The normalized spacial score (nSPS) is 11.4. The first-order chi connectivity index (χ1) is 9.77. The number of aryl methyl sites for hydroxylation is 1. The highest BCUT2D eigenvalue weighted by Crippen LogP contribution is 2.04. The molecule has 0 saturated carbocycles. The Balaban J connectivity index is 2.20. The van der Waals surface area contributed by atoms with Crippen LogP contribution in [0.4, 0.5) is 0 Å². The van der Waals surface area contributed by atoms with Crippen molar-refractivity contribution >= 4 is 5.96 Å². The number of aliphatic imine (C=N–C) groups is 1. The Morgan fingerprint density at radius 2 is 2.00 bits per heavy atom. The van der Waals surface area contributed by atoms with Crippen molar-refractivity contribution in [2.45, 2.75) is 46.0 Å². The second-order valence-corrected chi connectivity index (χ2v) is 5.04. The van der Waals surface area contributed by atoms with Crippen molar-refractivity contribution in [3.05, 3.63) is 29.6 Å². The fraction of sp³-hybridized carbons (Fsp3) is 0.625. The molecule has 0 aliphatic carbocycles. The van der Waals surface area contributed by atoms with Crippen LogP contribution in [0.1, 0.15) is 43.7 Å². The summed E-state index contributed by atoms with van der Waals surface area (Å²) in [4.78, 5) is 8.35. The first kappa shape index (κ1) is 16.5. The molecule has 1 rings (SSSR count). The van der Waals surface area contributed by atoms with E-state index in [0.717, 1.165) is 25.5 Å². The van der Waals surface area contributed by atoms with Gasteiger partial charge in [-0.05, 0) is 37.0 Å². The van der Waals surface area contributed by atoms with Gasteiger partial charge in [0.25, 0.3) is 0 Å². The summed E-state index contributed by atoms with van der Waals surface area (Å²) >= 11 is 0. The summed E-state index contributed by atoms with van der Waals surface area (Å²) in [6, 6.07) is 2.08. The van der Waals surface area contributed by atoms with Gasteiger partial charge < -0.3 is 10.6 Å². The topological polar surface area (TPSA) is 49.3 Å². The van der Waals surface area contributed by atoms with E-state index in [4.69, 9.17) is 0 Å². The van der Waals surface area contributed by atoms with Gasteiger partial charge in [-0.15, -0.1) is 0 Å². The van der Waals surface area contributed by atoms with Crippen LogP contribution in [0.25, 0.3) is 0 Å². The zero-order chi connectivity index (χ0) is 14.6. The van der Waals surface area contributed by atoms with Crippen LogP contribution in [0.2, 0.25) is 0 Å². The summed E-state index contributed by atoms with van der Waals surface area (Å²) < 4.78 is 0. The fourth-order valence-corrected chi connectivity index (χ4v) is 2.08. The highest BCUT2D eigenvalue weighted by molar-refractivity contribution is 5.79. The molecule has 0 bridgehead atoms. The predicted molar refractivity (Wildman–Crippen MR) is 86.2 cm³/mol. The number of nitrogens with one attached hydrogen (secondary N) is 2. The van der Waals surface area contributed by atoms with Crippen molar-refractivity contribution in [2.75, 3.05) is 20.1 Å². The Bertz CT molecular complexity index is 401. The number of guanidine groups is 1. The lowest BCUT2D eigenvalue weighted by Crippen LogP contribution is -2.38. The number of hydrogen-bond donors (Lipinski definition) is 2. The summed E-state index contributed by atoms with van der Waals surface area (Å²) in [5, 5.41) is 6.71. The highest BCUT2D eigenvalue weighted by Gasteiger charge is 1.99. The third-order valence-corrected chi connectivity index (χ3v) is 3.37. The number of rotatable bonds is 8. The van der Waals surface area contributed by atoms with Crippen molar-refractivity contribution < 1.29 is 0 Å². The number of pyridine rings is 1. The first-order valence-corrected chi connectivity index (χ1v) is 7.62. The maximum Gasteiger partial charge on any atom is 0.190 e. The van der Waals surface area contributed by atoms with Crippen LogP contribution in [0.5, 0.6) is 0 Å². The summed E-state index contributed by atoms with van der Waals surface area (Å²) in [5.74, 6) is 0.896. The molecule has 1 heterocycles. The maximum atomic E-state index is 4.24. The lowest BCUT2D eigenvalue weighted by atomic mass is 10.1. The summed E-state index contributed by atoms with van der Waals surface area (Å²) in [6.07, 6.45) is 9.84. The molecule has 0 fully saturated rings. The quantitative estimate of drug-likeness (QED) is 0.436. The number of unbranched alkanes of at least 4 members (excludes halogenated alkanes) is 3. The van der Waals surface area contributed by atoms with E-state index in [0.29, 0.717) is 0 Å². The van der Waals surface area contributed by atoms with Gasteiger partial charge in [-0.3, -0.25) is 9.98 Å². The lowest BCUT2D eigenvalue weighted by Gasteiger charge is -2.12. The van der Waals surface area contributed by atoms with Crippen molar-refractivity contribution in [3.63, 3.8) is 0 Å². The van der Waals surface area contributed by atoms with Crippen molar-refractivity contribution in [1.82, 2.24) is 15.6 Å². The predicted octanol–water partition coefficient (Wildman–Crippen LogP) is 2.68. The Kier molecular flexibility index (Phi) is 8.43. The molecule has 4 nitrogen and oxygen atoms in total. The van der Waals surface area contributed by atoms with E-state index >= 15 is 0 Å². The average molecular weight is 276 g/mol. The molecular formula is C16H28N4. The molecule has 1 aromatic heterocycles. The van der Waals surface area contributed by atoms with E-state index in [-0.39, 0.29) is 0 Å². The van der Waals surface area contributed by atoms with Gasteiger partial charge >= 0.3 is 0 Å². The van der Waals surface area contributed by atoms with Crippen LogP contribution in [0, 0.1) is 6.92 Å². The second kappa shape index (κ2) is 10.2. The molecule has 4 heteroatoms. The van der Waals surface area contributed by atoms with E-state index in [1.165, 1.54) is 36.8 Å². The van der Waals surface area contributed by atoms with Crippen molar-refractivity contribution in [3.8, 4) is 0 Å². The molecule has 0 aromatic carbocycles. The van der Waals surface area contributed by atoms with Crippen LogP contribution in [-0.2, 0) is 6.42 Å². The van der Waals surface area contributed by atoms with Gasteiger partial charge in [-0.2, -0.15) is 0 Å². The zero-order valence-corrected chi connectivity index (χ0v) is 13.1. The Morgan fingerprint density at radius 1 is 1.20 bits per heavy atom. The Morgan fingerprint density at radius 3 is 2.70 bits per heavy atom. The van der Waals surface area contributed by atoms with Gasteiger partial charge in [0.15, 0.2) is 5.96 Å². The molecule has 1 aromatic rings. The largest absolute Gasteiger partial charge is 0.356 e. The zero-order valence-electron chi connectivity index (χ0n) is 13.1. The second-order valence-electron chi connectivity index (χ2n) is 5.04. The molecule has 2 N–H and O–H groups in total. The molecule has 0 unspecified atom stereocenters.